The number of anilines is 2. The molecule has 2 N–H and O–H groups in total. The molecule has 1 atom stereocenters. The number of hydrogen-bond acceptors (Lipinski definition) is 4. The number of amides is 1. The molecule has 102 valence electrons. The van der Waals surface area contributed by atoms with E-state index in [0.29, 0.717) is 17.4 Å². The molecule has 1 aliphatic heterocycles. The van der Waals surface area contributed by atoms with Gasteiger partial charge in [0.1, 0.15) is 5.02 Å². The minimum atomic E-state index is -0.393. The van der Waals surface area contributed by atoms with Crippen LogP contribution >= 0.6 is 23.2 Å². The highest BCUT2D eigenvalue weighted by atomic mass is 35.5. The quantitative estimate of drug-likeness (QED) is 0.865. The molecular weight excluding hydrogens is 299 g/mol. The lowest BCUT2D eigenvalue weighted by atomic mass is 10.0. The first-order chi connectivity index (χ1) is 9.58. The van der Waals surface area contributed by atoms with E-state index < -0.39 is 5.92 Å². The van der Waals surface area contributed by atoms with Crippen LogP contribution in [0.5, 0.6) is 0 Å². The van der Waals surface area contributed by atoms with E-state index in [1.165, 1.54) is 6.20 Å². The summed E-state index contributed by atoms with van der Waals surface area (Å²) in [6.45, 7) is 0.391. The summed E-state index contributed by atoms with van der Waals surface area (Å²) in [7, 11) is 0. The number of halogens is 2. The van der Waals surface area contributed by atoms with E-state index in [9.17, 15) is 4.79 Å². The number of aromatic nitrogens is 2. The molecular formula is C13H10Cl2N4O. The van der Waals surface area contributed by atoms with Gasteiger partial charge >= 0.3 is 0 Å². The number of rotatable bonds is 2. The summed E-state index contributed by atoms with van der Waals surface area (Å²) in [5, 5.41) is 0.471. The number of carbonyl (C=O) groups excluding carboxylic acids is 1. The van der Waals surface area contributed by atoms with E-state index in [1.54, 1.807) is 0 Å². The van der Waals surface area contributed by atoms with E-state index in [0.717, 1.165) is 11.3 Å². The molecule has 1 amide bonds. The van der Waals surface area contributed by atoms with Crippen LogP contribution in [-0.4, -0.2) is 22.4 Å². The molecule has 0 radical (unpaired) electrons. The van der Waals surface area contributed by atoms with Crippen LogP contribution in [0.1, 0.15) is 11.5 Å². The van der Waals surface area contributed by atoms with Crippen molar-refractivity contribution in [2.75, 3.05) is 11.4 Å². The van der Waals surface area contributed by atoms with Crippen molar-refractivity contribution in [3.63, 3.8) is 0 Å². The molecule has 20 heavy (non-hydrogen) atoms. The molecule has 0 bridgehead atoms. The summed E-state index contributed by atoms with van der Waals surface area (Å²) in [5.74, 6) is -0.296. The lowest BCUT2D eigenvalue weighted by Gasteiger charge is -2.19. The van der Waals surface area contributed by atoms with Crippen LogP contribution in [-0.2, 0) is 4.79 Å². The fraction of sp³-hybridized carbons (Fsp3) is 0.154. The van der Waals surface area contributed by atoms with E-state index in [2.05, 4.69) is 9.97 Å². The van der Waals surface area contributed by atoms with Crippen molar-refractivity contribution in [3.8, 4) is 0 Å². The Morgan fingerprint density at radius 3 is 2.85 bits per heavy atom. The third-order valence-corrected chi connectivity index (χ3v) is 3.71. The molecule has 0 spiro atoms. The smallest absolute Gasteiger partial charge is 0.226 e. The van der Waals surface area contributed by atoms with E-state index in [4.69, 9.17) is 28.9 Å². The van der Waals surface area contributed by atoms with Gasteiger partial charge in [0.25, 0.3) is 0 Å². The second-order valence-corrected chi connectivity index (χ2v) is 5.18. The predicted octanol–water partition coefficient (Wildman–Crippen LogP) is 2.50. The molecule has 7 heteroatoms. The first-order valence-corrected chi connectivity index (χ1v) is 6.67. The van der Waals surface area contributed by atoms with Gasteiger partial charge in [-0.2, -0.15) is 4.98 Å². The highest BCUT2D eigenvalue weighted by Crippen LogP contribution is 2.42. The Kier molecular flexibility index (Phi) is 3.23. The van der Waals surface area contributed by atoms with Gasteiger partial charge < -0.3 is 10.6 Å². The Bertz CT molecular complexity index is 692. The predicted molar refractivity (Wildman–Crippen MR) is 77.4 cm³/mol. The minimum absolute atomic E-state index is 0.101. The normalized spacial score (nSPS) is 17.1. The van der Waals surface area contributed by atoms with Gasteiger partial charge in [0.15, 0.2) is 5.82 Å². The highest BCUT2D eigenvalue weighted by molar-refractivity contribution is 6.33. The van der Waals surface area contributed by atoms with Gasteiger partial charge in [0.05, 0.1) is 12.1 Å². The van der Waals surface area contributed by atoms with Crippen LogP contribution in [0, 0.1) is 0 Å². The van der Waals surface area contributed by atoms with Gasteiger partial charge in [0, 0.05) is 12.2 Å². The number of primary amides is 1. The first-order valence-electron chi connectivity index (χ1n) is 5.91. The largest absolute Gasteiger partial charge is 0.369 e. The maximum Gasteiger partial charge on any atom is 0.226 e. The summed E-state index contributed by atoms with van der Waals surface area (Å²) >= 11 is 12.0. The zero-order valence-corrected chi connectivity index (χ0v) is 11.8. The molecule has 2 heterocycles. The number of para-hydroxylation sites is 1. The van der Waals surface area contributed by atoms with E-state index in [1.807, 2.05) is 29.2 Å². The first kappa shape index (κ1) is 13.1. The van der Waals surface area contributed by atoms with Crippen molar-refractivity contribution in [2.45, 2.75) is 5.92 Å². The molecule has 0 saturated heterocycles. The Labute approximate surface area is 125 Å². The number of benzene rings is 1. The molecule has 0 saturated carbocycles. The van der Waals surface area contributed by atoms with Crippen LogP contribution in [0.25, 0.3) is 0 Å². The van der Waals surface area contributed by atoms with E-state index in [-0.39, 0.29) is 11.2 Å². The Hall–Kier alpha value is -1.85. The molecule has 1 aliphatic rings. The molecule has 1 aromatic carbocycles. The third-order valence-electron chi connectivity index (χ3n) is 3.26. The summed E-state index contributed by atoms with van der Waals surface area (Å²) in [6, 6.07) is 7.52. The van der Waals surface area contributed by atoms with E-state index >= 15 is 0 Å². The maximum absolute atomic E-state index is 11.6. The Morgan fingerprint density at radius 1 is 1.35 bits per heavy atom. The topological polar surface area (TPSA) is 72.1 Å². The fourth-order valence-corrected chi connectivity index (χ4v) is 2.70. The summed E-state index contributed by atoms with van der Waals surface area (Å²) in [6.07, 6.45) is 1.44. The van der Waals surface area contributed by atoms with Gasteiger partial charge in [-0.15, -0.1) is 0 Å². The van der Waals surface area contributed by atoms with Gasteiger partial charge in [-0.25, -0.2) is 4.98 Å². The minimum Gasteiger partial charge on any atom is -0.369 e. The molecule has 1 aromatic heterocycles. The van der Waals surface area contributed by atoms with Crippen LogP contribution in [0.2, 0.25) is 10.3 Å². The highest BCUT2D eigenvalue weighted by Gasteiger charge is 2.34. The third kappa shape index (κ3) is 2.09. The van der Waals surface area contributed by atoms with Crippen molar-refractivity contribution < 1.29 is 4.79 Å². The standard InChI is InChI=1S/C13H10Cl2N4O/c14-9-5-17-13(15)18-12(9)19-6-8(11(16)20)7-3-1-2-4-10(7)19/h1-5,8H,6H2,(H2,16,20). The zero-order chi connectivity index (χ0) is 14.3. The second-order valence-electron chi connectivity index (χ2n) is 4.43. The Balaban J connectivity index is 2.12. The number of nitrogens with two attached hydrogens (primary N) is 1. The number of hydrogen-bond donors (Lipinski definition) is 1. The van der Waals surface area contributed by atoms with Crippen LogP contribution < -0.4 is 10.6 Å². The summed E-state index contributed by atoms with van der Waals surface area (Å²) in [4.78, 5) is 21.4. The molecule has 1 unspecified atom stereocenters. The summed E-state index contributed by atoms with van der Waals surface area (Å²) in [5.41, 5.74) is 7.18. The van der Waals surface area contributed by atoms with Crippen molar-refractivity contribution >= 4 is 40.6 Å². The fourth-order valence-electron chi connectivity index (χ4n) is 2.38. The lowest BCUT2D eigenvalue weighted by Crippen LogP contribution is -2.26. The lowest BCUT2D eigenvalue weighted by molar-refractivity contribution is -0.119. The van der Waals surface area contributed by atoms with Crippen LogP contribution in [0.4, 0.5) is 11.5 Å². The average Bonchev–Trinajstić information content (AvgIpc) is 2.81. The average molecular weight is 309 g/mol. The van der Waals surface area contributed by atoms with Gasteiger partial charge in [-0.1, -0.05) is 29.8 Å². The molecule has 2 aromatic rings. The molecule has 5 nitrogen and oxygen atoms in total. The maximum atomic E-state index is 11.6. The van der Waals surface area contributed by atoms with Crippen molar-refractivity contribution in [1.82, 2.24) is 9.97 Å². The molecule has 3 rings (SSSR count). The number of nitrogens with zero attached hydrogens (tertiary/aromatic N) is 3. The SMILES string of the molecule is NC(=O)C1CN(c2nc(Cl)ncc2Cl)c2ccccc21. The second kappa shape index (κ2) is 4.92. The van der Waals surface area contributed by atoms with Gasteiger partial charge in [0.2, 0.25) is 11.2 Å². The molecule has 0 aliphatic carbocycles. The van der Waals surface area contributed by atoms with Crippen molar-refractivity contribution in [2.24, 2.45) is 5.73 Å². The monoisotopic (exact) mass is 308 g/mol. The van der Waals surface area contributed by atoms with Gasteiger partial charge in [-0.3, -0.25) is 4.79 Å². The van der Waals surface area contributed by atoms with Crippen LogP contribution in [0.15, 0.2) is 30.5 Å². The van der Waals surface area contributed by atoms with Crippen molar-refractivity contribution in [3.05, 3.63) is 46.3 Å². The number of carbonyl (C=O) groups is 1. The van der Waals surface area contributed by atoms with Crippen LogP contribution in [0.3, 0.4) is 0 Å². The number of fused-ring (bicyclic) bond motifs is 1. The summed E-state index contributed by atoms with van der Waals surface area (Å²) < 4.78 is 0. The Morgan fingerprint density at radius 2 is 2.10 bits per heavy atom. The van der Waals surface area contributed by atoms with Gasteiger partial charge in [-0.05, 0) is 23.2 Å². The van der Waals surface area contributed by atoms with Crippen molar-refractivity contribution in [1.29, 1.82) is 0 Å². The molecule has 0 fully saturated rings. The zero-order valence-electron chi connectivity index (χ0n) is 10.3.